The normalized spacial score (nSPS) is 11.4. The Balaban J connectivity index is 2.47. The highest BCUT2D eigenvalue weighted by atomic mass is 16.5. The minimum absolute atomic E-state index is 0.122. The van der Waals surface area contributed by atoms with Gasteiger partial charge in [0.15, 0.2) is 0 Å². The SMILES string of the molecule is CCOc1ccc(OCCC(C#N)C(=O)N(CC)CC)cc1. The largest absolute Gasteiger partial charge is 0.494 e. The molecule has 1 unspecified atom stereocenters. The van der Waals surface area contributed by atoms with E-state index in [4.69, 9.17) is 14.7 Å². The first-order chi connectivity index (χ1) is 10.7. The van der Waals surface area contributed by atoms with Crippen LogP contribution in [0.2, 0.25) is 0 Å². The first-order valence-electron chi connectivity index (χ1n) is 7.70. The van der Waals surface area contributed by atoms with Crippen molar-refractivity contribution in [3.63, 3.8) is 0 Å². The molecule has 0 aromatic heterocycles. The Kier molecular flexibility index (Phi) is 7.84. The van der Waals surface area contributed by atoms with Crippen molar-refractivity contribution in [2.75, 3.05) is 26.3 Å². The van der Waals surface area contributed by atoms with E-state index < -0.39 is 5.92 Å². The lowest BCUT2D eigenvalue weighted by Crippen LogP contribution is -2.36. The van der Waals surface area contributed by atoms with Crippen LogP contribution in [0.3, 0.4) is 0 Å². The molecule has 5 nitrogen and oxygen atoms in total. The Morgan fingerprint density at radius 3 is 2.14 bits per heavy atom. The van der Waals surface area contributed by atoms with Crippen LogP contribution in [0.1, 0.15) is 27.2 Å². The third-order valence-electron chi connectivity index (χ3n) is 3.34. The molecule has 1 amide bonds. The summed E-state index contributed by atoms with van der Waals surface area (Å²) in [5.41, 5.74) is 0. The van der Waals surface area contributed by atoms with E-state index in [1.165, 1.54) is 0 Å². The second-order valence-electron chi connectivity index (χ2n) is 4.73. The lowest BCUT2D eigenvalue weighted by molar-refractivity contribution is -0.133. The third-order valence-corrected chi connectivity index (χ3v) is 3.34. The fraction of sp³-hybridized carbons (Fsp3) is 0.529. The maximum atomic E-state index is 12.1. The van der Waals surface area contributed by atoms with Gasteiger partial charge < -0.3 is 14.4 Å². The molecule has 0 saturated carbocycles. The molecule has 0 aliphatic rings. The maximum absolute atomic E-state index is 12.1. The molecule has 0 heterocycles. The van der Waals surface area contributed by atoms with Crippen LogP contribution in [0, 0.1) is 17.2 Å². The molecule has 22 heavy (non-hydrogen) atoms. The van der Waals surface area contributed by atoms with Crippen LogP contribution >= 0.6 is 0 Å². The Morgan fingerprint density at radius 2 is 1.68 bits per heavy atom. The van der Waals surface area contributed by atoms with E-state index in [0.29, 0.717) is 38.5 Å². The summed E-state index contributed by atoms with van der Waals surface area (Å²) in [5.74, 6) is 0.724. The van der Waals surface area contributed by atoms with Crippen LogP contribution in [0.5, 0.6) is 11.5 Å². The zero-order valence-electron chi connectivity index (χ0n) is 13.5. The quantitative estimate of drug-likeness (QED) is 0.704. The molecule has 0 fully saturated rings. The summed E-state index contributed by atoms with van der Waals surface area (Å²) in [6, 6.07) is 9.38. The van der Waals surface area contributed by atoms with Gasteiger partial charge in [-0.2, -0.15) is 5.26 Å². The fourth-order valence-electron chi connectivity index (χ4n) is 2.09. The highest BCUT2D eigenvalue weighted by Crippen LogP contribution is 2.18. The zero-order chi connectivity index (χ0) is 16.4. The van der Waals surface area contributed by atoms with Crippen molar-refractivity contribution < 1.29 is 14.3 Å². The standard InChI is InChI=1S/C17H24N2O3/c1-4-19(5-2)17(20)14(13-18)11-12-22-16-9-7-15(8-10-16)21-6-3/h7-10,14H,4-6,11-12H2,1-3H3. The zero-order valence-corrected chi connectivity index (χ0v) is 13.5. The molecule has 0 N–H and O–H groups in total. The molecule has 0 bridgehead atoms. The van der Waals surface area contributed by atoms with Crippen molar-refractivity contribution in [1.82, 2.24) is 4.90 Å². The first-order valence-corrected chi connectivity index (χ1v) is 7.70. The van der Waals surface area contributed by atoms with Gasteiger partial charge in [0.1, 0.15) is 17.4 Å². The van der Waals surface area contributed by atoms with Gasteiger partial charge in [0.2, 0.25) is 5.91 Å². The summed E-state index contributed by atoms with van der Waals surface area (Å²) in [7, 11) is 0. The van der Waals surface area contributed by atoms with E-state index in [9.17, 15) is 4.79 Å². The van der Waals surface area contributed by atoms with Crippen molar-refractivity contribution in [3.05, 3.63) is 24.3 Å². The van der Waals surface area contributed by atoms with Crippen LogP contribution in [-0.4, -0.2) is 37.1 Å². The minimum atomic E-state index is -0.650. The van der Waals surface area contributed by atoms with Crippen molar-refractivity contribution in [1.29, 1.82) is 5.26 Å². The predicted octanol–water partition coefficient (Wildman–Crippen LogP) is 2.86. The van der Waals surface area contributed by atoms with Gasteiger partial charge in [-0.25, -0.2) is 0 Å². The number of amides is 1. The van der Waals surface area contributed by atoms with Crippen molar-refractivity contribution >= 4 is 5.91 Å². The summed E-state index contributed by atoms with van der Waals surface area (Å²) >= 11 is 0. The predicted molar refractivity (Wildman–Crippen MR) is 84.8 cm³/mol. The third kappa shape index (κ3) is 5.28. The van der Waals surface area contributed by atoms with Crippen LogP contribution < -0.4 is 9.47 Å². The molecule has 1 aromatic carbocycles. The molecule has 1 rings (SSSR count). The smallest absolute Gasteiger partial charge is 0.240 e. The summed E-state index contributed by atoms with van der Waals surface area (Å²) in [6.07, 6.45) is 0.388. The van der Waals surface area contributed by atoms with Gasteiger partial charge in [-0.05, 0) is 45.0 Å². The molecule has 1 aromatic rings. The number of benzene rings is 1. The number of ether oxygens (including phenoxy) is 2. The van der Waals surface area contributed by atoms with Gasteiger partial charge in [0, 0.05) is 19.5 Å². The fourth-order valence-corrected chi connectivity index (χ4v) is 2.09. The molecule has 0 aliphatic heterocycles. The Hall–Kier alpha value is -2.22. The van der Waals surface area contributed by atoms with Gasteiger partial charge in [0.25, 0.3) is 0 Å². The van der Waals surface area contributed by atoms with Gasteiger partial charge in [-0.15, -0.1) is 0 Å². The highest BCUT2D eigenvalue weighted by Gasteiger charge is 2.22. The Morgan fingerprint density at radius 1 is 1.14 bits per heavy atom. The molecular weight excluding hydrogens is 280 g/mol. The average molecular weight is 304 g/mol. The number of carbonyl (C=O) groups is 1. The molecule has 1 atom stereocenters. The molecule has 120 valence electrons. The van der Waals surface area contributed by atoms with Gasteiger partial charge in [-0.3, -0.25) is 4.79 Å². The number of hydrogen-bond acceptors (Lipinski definition) is 4. The maximum Gasteiger partial charge on any atom is 0.240 e. The highest BCUT2D eigenvalue weighted by molar-refractivity contribution is 5.81. The first kappa shape index (κ1) is 17.8. The Bertz CT molecular complexity index is 490. The van der Waals surface area contributed by atoms with E-state index in [-0.39, 0.29) is 5.91 Å². The molecule has 0 spiro atoms. The topological polar surface area (TPSA) is 62.6 Å². The van der Waals surface area contributed by atoms with E-state index in [0.717, 1.165) is 5.75 Å². The van der Waals surface area contributed by atoms with Gasteiger partial charge in [0.05, 0.1) is 19.3 Å². The average Bonchev–Trinajstić information content (AvgIpc) is 2.54. The summed E-state index contributed by atoms with van der Waals surface area (Å²) in [5, 5.41) is 9.16. The van der Waals surface area contributed by atoms with Crippen LogP contribution in [-0.2, 0) is 4.79 Å². The summed E-state index contributed by atoms with van der Waals surface area (Å²) in [4.78, 5) is 13.8. The van der Waals surface area contributed by atoms with Crippen molar-refractivity contribution in [2.24, 2.45) is 5.92 Å². The molecule has 0 radical (unpaired) electrons. The van der Waals surface area contributed by atoms with Crippen LogP contribution in [0.25, 0.3) is 0 Å². The van der Waals surface area contributed by atoms with E-state index in [1.807, 2.05) is 45.0 Å². The molecule has 0 aliphatic carbocycles. The van der Waals surface area contributed by atoms with Gasteiger partial charge >= 0.3 is 0 Å². The van der Waals surface area contributed by atoms with E-state index in [1.54, 1.807) is 4.90 Å². The lowest BCUT2D eigenvalue weighted by Gasteiger charge is -2.21. The van der Waals surface area contributed by atoms with Crippen molar-refractivity contribution in [2.45, 2.75) is 27.2 Å². The summed E-state index contributed by atoms with van der Waals surface area (Å²) < 4.78 is 10.9. The number of rotatable bonds is 9. The summed E-state index contributed by atoms with van der Waals surface area (Å²) in [6.45, 7) is 7.94. The number of nitriles is 1. The van der Waals surface area contributed by atoms with Crippen molar-refractivity contribution in [3.8, 4) is 17.6 Å². The van der Waals surface area contributed by atoms with Crippen LogP contribution in [0.15, 0.2) is 24.3 Å². The molecule has 0 saturated heterocycles. The van der Waals surface area contributed by atoms with E-state index >= 15 is 0 Å². The van der Waals surface area contributed by atoms with E-state index in [2.05, 4.69) is 6.07 Å². The molecule has 5 heteroatoms. The van der Waals surface area contributed by atoms with Gasteiger partial charge in [-0.1, -0.05) is 0 Å². The lowest BCUT2D eigenvalue weighted by atomic mass is 10.1. The number of carbonyl (C=O) groups excluding carboxylic acids is 1. The number of hydrogen-bond donors (Lipinski definition) is 0. The minimum Gasteiger partial charge on any atom is -0.494 e. The molecular formula is C17H24N2O3. The monoisotopic (exact) mass is 304 g/mol. The number of nitrogens with zero attached hydrogens (tertiary/aromatic N) is 2. The van der Waals surface area contributed by atoms with Crippen LogP contribution in [0.4, 0.5) is 0 Å². The Labute approximate surface area is 132 Å². The second kappa shape index (κ2) is 9.67. The second-order valence-corrected chi connectivity index (χ2v) is 4.73.